The number of amides is 1. The van der Waals surface area contributed by atoms with E-state index in [2.05, 4.69) is 27.2 Å². The fraction of sp³-hybridized carbons (Fsp3) is 0.350. The summed E-state index contributed by atoms with van der Waals surface area (Å²) >= 11 is 1.39. The number of aryl methyl sites for hydroxylation is 2. The standard InChI is InChI=1S/C20H24N4OS/c1-3-4-5-6-7-16-22-17(15-10-8-14(2)9-11-15)18(23-16)19(25)24-20-21-12-13-26-20/h8-13H,3-7H2,1-2H3,(H,22,23)(H,21,24,25). The molecule has 2 heterocycles. The molecule has 2 aromatic heterocycles. The van der Waals surface area contributed by atoms with Crippen molar-refractivity contribution in [1.29, 1.82) is 0 Å². The molecule has 0 fully saturated rings. The first kappa shape index (κ1) is 18.3. The highest BCUT2D eigenvalue weighted by Gasteiger charge is 2.19. The van der Waals surface area contributed by atoms with E-state index in [4.69, 9.17) is 0 Å². The number of carbonyl (C=O) groups is 1. The fourth-order valence-corrected chi connectivity index (χ4v) is 3.32. The van der Waals surface area contributed by atoms with Crippen molar-refractivity contribution in [1.82, 2.24) is 15.0 Å². The second-order valence-electron chi connectivity index (χ2n) is 6.38. The van der Waals surface area contributed by atoms with Crippen LogP contribution in [0.3, 0.4) is 0 Å². The van der Waals surface area contributed by atoms with Crippen LogP contribution in [0.25, 0.3) is 11.3 Å². The SMILES string of the molecule is CCCCCCc1nc(C(=O)Nc2nccs2)c(-c2ccc(C)cc2)[nH]1. The summed E-state index contributed by atoms with van der Waals surface area (Å²) in [6.45, 7) is 4.25. The van der Waals surface area contributed by atoms with Gasteiger partial charge < -0.3 is 4.98 Å². The third-order valence-corrected chi connectivity index (χ3v) is 4.92. The van der Waals surface area contributed by atoms with Crippen molar-refractivity contribution in [3.8, 4) is 11.3 Å². The first-order chi connectivity index (χ1) is 12.7. The molecule has 1 amide bonds. The van der Waals surface area contributed by atoms with Gasteiger partial charge in [-0.2, -0.15) is 0 Å². The number of aromatic nitrogens is 3. The van der Waals surface area contributed by atoms with Gasteiger partial charge in [0.15, 0.2) is 10.8 Å². The number of unbranched alkanes of at least 4 members (excludes halogenated alkanes) is 3. The molecule has 6 heteroatoms. The Labute approximate surface area is 157 Å². The van der Waals surface area contributed by atoms with Gasteiger partial charge in [0.1, 0.15) is 5.82 Å². The Balaban J connectivity index is 1.85. The van der Waals surface area contributed by atoms with Crippen LogP contribution in [0.15, 0.2) is 35.8 Å². The summed E-state index contributed by atoms with van der Waals surface area (Å²) in [4.78, 5) is 24.8. The Morgan fingerprint density at radius 2 is 2.00 bits per heavy atom. The maximum absolute atomic E-state index is 12.7. The molecule has 0 saturated heterocycles. The number of carbonyl (C=O) groups excluding carboxylic acids is 1. The monoisotopic (exact) mass is 368 g/mol. The summed E-state index contributed by atoms with van der Waals surface area (Å²) in [5.74, 6) is 0.632. The number of rotatable bonds is 8. The number of hydrogen-bond donors (Lipinski definition) is 2. The van der Waals surface area contributed by atoms with Crippen LogP contribution in [0.4, 0.5) is 5.13 Å². The highest BCUT2D eigenvalue weighted by Crippen LogP contribution is 2.24. The molecule has 136 valence electrons. The number of hydrogen-bond acceptors (Lipinski definition) is 4. The maximum atomic E-state index is 12.7. The van der Waals surface area contributed by atoms with Crippen molar-refractivity contribution < 1.29 is 4.79 Å². The molecule has 0 aliphatic carbocycles. The minimum atomic E-state index is -0.230. The Hall–Kier alpha value is -2.47. The summed E-state index contributed by atoms with van der Waals surface area (Å²) in [5, 5.41) is 5.25. The van der Waals surface area contributed by atoms with Crippen molar-refractivity contribution in [3.05, 3.63) is 52.9 Å². The summed E-state index contributed by atoms with van der Waals surface area (Å²) in [6, 6.07) is 8.12. The molecule has 0 bridgehead atoms. The summed E-state index contributed by atoms with van der Waals surface area (Å²) in [5.41, 5.74) is 3.34. The number of benzene rings is 1. The molecule has 0 unspecified atom stereocenters. The van der Waals surface area contributed by atoms with Gasteiger partial charge in [-0.3, -0.25) is 10.1 Å². The second kappa shape index (κ2) is 8.76. The largest absolute Gasteiger partial charge is 0.341 e. The Bertz CT molecular complexity index is 837. The van der Waals surface area contributed by atoms with Gasteiger partial charge in [0.2, 0.25) is 0 Å². The van der Waals surface area contributed by atoms with Gasteiger partial charge in [0, 0.05) is 23.6 Å². The van der Waals surface area contributed by atoms with Crippen molar-refractivity contribution >= 4 is 22.4 Å². The molecular weight excluding hydrogens is 344 g/mol. The van der Waals surface area contributed by atoms with E-state index in [1.165, 1.54) is 36.2 Å². The predicted molar refractivity (Wildman–Crippen MR) is 107 cm³/mol. The average Bonchev–Trinajstić information content (AvgIpc) is 3.29. The maximum Gasteiger partial charge on any atom is 0.278 e. The van der Waals surface area contributed by atoms with Crippen molar-refractivity contribution in [2.45, 2.75) is 46.0 Å². The molecular formula is C20H24N4OS. The molecule has 3 aromatic rings. The fourth-order valence-electron chi connectivity index (χ4n) is 2.79. The number of H-pyrrole nitrogens is 1. The van der Waals surface area contributed by atoms with Crippen LogP contribution in [-0.2, 0) is 6.42 Å². The van der Waals surface area contributed by atoms with Crippen LogP contribution in [0.1, 0.15) is 54.5 Å². The zero-order valence-corrected chi connectivity index (χ0v) is 16.0. The molecule has 2 N–H and O–H groups in total. The number of aromatic amines is 1. The highest BCUT2D eigenvalue weighted by atomic mass is 32.1. The topological polar surface area (TPSA) is 70.7 Å². The molecule has 1 aromatic carbocycles. The molecule has 0 aliphatic rings. The molecule has 5 nitrogen and oxygen atoms in total. The van der Waals surface area contributed by atoms with E-state index in [1.54, 1.807) is 6.20 Å². The molecule has 0 spiro atoms. The van der Waals surface area contributed by atoms with Crippen molar-refractivity contribution in [3.63, 3.8) is 0 Å². The van der Waals surface area contributed by atoms with Gasteiger partial charge in [0.25, 0.3) is 5.91 Å². The number of thiazole rings is 1. The predicted octanol–water partition coefficient (Wildman–Crippen LogP) is 5.22. The second-order valence-corrected chi connectivity index (χ2v) is 7.27. The van der Waals surface area contributed by atoms with Crippen molar-refractivity contribution in [2.24, 2.45) is 0 Å². The van der Waals surface area contributed by atoms with Crippen molar-refractivity contribution in [2.75, 3.05) is 5.32 Å². The normalized spacial score (nSPS) is 10.8. The number of nitrogens with one attached hydrogen (secondary N) is 2. The van der Waals surface area contributed by atoms with Gasteiger partial charge in [0.05, 0.1) is 5.69 Å². The van der Waals surface area contributed by atoms with Crippen LogP contribution in [0.2, 0.25) is 0 Å². The number of anilines is 1. The minimum Gasteiger partial charge on any atom is -0.341 e. The van der Waals surface area contributed by atoms with Crippen LogP contribution in [0, 0.1) is 6.92 Å². The zero-order chi connectivity index (χ0) is 18.4. The lowest BCUT2D eigenvalue weighted by atomic mass is 10.1. The number of nitrogens with zero attached hydrogens (tertiary/aromatic N) is 2. The van der Waals surface area contributed by atoms with Crippen LogP contribution in [0.5, 0.6) is 0 Å². The van der Waals surface area contributed by atoms with Gasteiger partial charge in [-0.25, -0.2) is 9.97 Å². The first-order valence-corrected chi connectivity index (χ1v) is 9.92. The summed E-state index contributed by atoms with van der Waals surface area (Å²) < 4.78 is 0. The van der Waals surface area contributed by atoms with E-state index in [1.807, 2.05) is 36.6 Å². The van der Waals surface area contributed by atoms with E-state index in [0.29, 0.717) is 10.8 Å². The van der Waals surface area contributed by atoms with E-state index < -0.39 is 0 Å². The summed E-state index contributed by atoms with van der Waals surface area (Å²) in [6.07, 6.45) is 7.20. The minimum absolute atomic E-state index is 0.230. The summed E-state index contributed by atoms with van der Waals surface area (Å²) in [7, 11) is 0. The van der Waals surface area contributed by atoms with E-state index in [9.17, 15) is 4.79 Å². The molecule has 0 saturated carbocycles. The smallest absolute Gasteiger partial charge is 0.278 e. The highest BCUT2D eigenvalue weighted by molar-refractivity contribution is 7.13. The molecule has 3 rings (SSSR count). The van der Waals surface area contributed by atoms with E-state index in [0.717, 1.165) is 29.9 Å². The molecule has 26 heavy (non-hydrogen) atoms. The number of imidazole rings is 1. The third kappa shape index (κ3) is 4.58. The zero-order valence-electron chi connectivity index (χ0n) is 15.2. The van der Waals surface area contributed by atoms with Crippen LogP contribution < -0.4 is 5.32 Å². The molecule has 0 atom stereocenters. The van der Waals surface area contributed by atoms with Gasteiger partial charge in [-0.15, -0.1) is 11.3 Å². The van der Waals surface area contributed by atoms with Gasteiger partial charge in [-0.1, -0.05) is 56.0 Å². The van der Waals surface area contributed by atoms with E-state index >= 15 is 0 Å². The quantitative estimate of drug-likeness (QED) is 0.536. The lowest BCUT2D eigenvalue weighted by Gasteiger charge is -2.03. The lowest BCUT2D eigenvalue weighted by molar-refractivity contribution is 0.102. The van der Waals surface area contributed by atoms with Gasteiger partial charge in [-0.05, 0) is 13.3 Å². The Kier molecular flexibility index (Phi) is 6.17. The van der Waals surface area contributed by atoms with Crippen LogP contribution in [-0.4, -0.2) is 20.9 Å². The van der Waals surface area contributed by atoms with Gasteiger partial charge >= 0.3 is 0 Å². The average molecular weight is 369 g/mol. The Morgan fingerprint density at radius 3 is 2.69 bits per heavy atom. The Morgan fingerprint density at radius 1 is 1.19 bits per heavy atom. The molecule has 0 aliphatic heterocycles. The third-order valence-electron chi connectivity index (χ3n) is 4.23. The van der Waals surface area contributed by atoms with E-state index in [-0.39, 0.29) is 5.91 Å². The molecule has 0 radical (unpaired) electrons. The van der Waals surface area contributed by atoms with Crippen LogP contribution >= 0.6 is 11.3 Å². The first-order valence-electron chi connectivity index (χ1n) is 9.04. The lowest BCUT2D eigenvalue weighted by Crippen LogP contribution is -2.13.